The van der Waals surface area contributed by atoms with E-state index in [4.69, 9.17) is 0 Å². The SMILES string of the molecule is O=C(NC1CCCCC1)c1ccc(-n2c(O)c3c(c2O)[C@H]2C=C[C@@H]3C2)cc1. The van der Waals surface area contributed by atoms with Crippen LogP contribution in [-0.4, -0.2) is 26.7 Å². The molecule has 5 rings (SSSR count). The number of nitrogens with zero attached hydrogens (tertiary/aromatic N) is 1. The molecule has 2 bridgehead atoms. The zero-order chi connectivity index (χ0) is 18.5. The van der Waals surface area contributed by atoms with Crippen molar-refractivity contribution in [2.45, 2.75) is 56.4 Å². The molecular formula is C22H24N2O3. The van der Waals surface area contributed by atoms with Gasteiger partial charge in [0.05, 0.1) is 5.69 Å². The molecule has 0 unspecified atom stereocenters. The van der Waals surface area contributed by atoms with Gasteiger partial charge in [0.1, 0.15) is 0 Å². The Morgan fingerprint density at radius 2 is 1.52 bits per heavy atom. The molecule has 1 heterocycles. The van der Waals surface area contributed by atoms with Gasteiger partial charge in [0, 0.05) is 34.6 Å². The summed E-state index contributed by atoms with van der Waals surface area (Å²) in [5.74, 6) is 0.548. The summed E-state index contributed by atoms with van der Waals surface area (Å²) in [6, 6.07) is 7.34. The summed E-state index contributed by atoms with van der Waals surface area (Å²) in [5.41, 5.74) is 2.95. The highest BCUT2D eigenvalue weighted by Gasteiger charge is 2.41. The summed E-state index contributed by atoms with van der Waals surface area (Å²) < 4.78 is 1.49. The lowest BCUT2D eigenvalue weighted by Crippen LogP contribution is -2.36. The van der Waals surface area contributed by atoms with Gasteiger partial charge in [-0.2, -0.15) is 0 Å². The van der Waals surface area contributed by atoms with Crippen molar-refractivity contribution in [3.63, 3.8) is 0 Å². The highest BCUT2D eigenvalue weighted by atomic mass is 16.3. The first-order valence-electron chi connectivity index (χ1n) is 9.89. The van der Waals surface area contributed by atoms with E-state index in [1.807, 2.05) is 0 Å². The lowest BCUT2D eigenvalue weighted by atomic mass is 9.95. The Morgan fingerprint density at radius 3 is 2.11 bits per heavy atom. The van der Waals surface area contributed by atoms with Crippen molar-refractivity contribution in [1.29, 1.82) is 0 Å². The molecule has 0 saturated heterocycles. The minimum Gasteiger partial charge on any atom is -0.494 e. The topological polar surface area (TPSA) is 74.5 Å². The molecule has 0 spiro atoms. The van der Waals surface area contributed by atoms with Crippen LogP contribution in [0.5, 0.6) is 11.8 Å². The fraction of sp³-hybridized carbons (Fsp3) is 0.409. The summed E-state index contributed by atoms with van der Waals surface area (Å²) in [6.07, 6.45) is 10.9. The number of carbonyl (C=O) groups excluding carboxylic acids is 1. The molecule has 1 fully saturated rings. The normalized spacial score (nSPS) is 23.6. The zero-order valence-corrected chi connectivity index (χ0v) is 15.2. The van der Waals surface area contributed by atoms with Crippen LogP contribution in [0.25, 0.3) is 5.69 Å². The largest absolute Gasteiger partial charge is 0.494 e. The van der Waals surface area contributed by atoms with Crippen molar-refractivity contribution < 1.29 is 15.0 Å². The van der Waals surface area contributed by atoms with Crippen LogP contribution in [0.2, 0.25) is 0 Å². The predicted octanol–water partition coefficient (Wildman–Crippen LogP) is 4.09. The monoisotopic (exact) mass is 364 g/mol. The number of nitrogens with one attached hydrogen (secondary N) is 1. The van der Waals surface area contributed by atoms with Gasteiger partial charge in [-0.05, 0) is 43.5 Å². The van der Waals surface area contributed by atoms with E-state index in [1.54, 1.807) is 24.3 Å². The van der Waals surface area contributed by atoms with Crippen molar-refractivity contribution in [2.24, 2.45) is 0 Å². The number of allylic oxidation sites excluding steroid dienone is 2. The number of aromatic hydroxyl groups is 2. The fourth-order valence-corrected chi connectivity index (χ4v) is 4.96. The molecule has 3 N–H and O–H groups in total. The highest BCUT2D eigenvalue weighted by molar-refractivity contribution is 5.94. The first kappa shape index (κ1) is 16.5. The number of fused-ring (bicyclic) bond motifs is 5. The van der Waals surface area contributed by atoms with E-state index in [0.29, 0.717) is 11.3 Å². The molecule has 1 amide bonds. The average molecular weight is 364 g/mol. The van der Waals surface area contributed by atoms with E-state index < -0.39 is 0 Å². The number of hydrogen-bond donors (Lipinski definition) is 3. The van der Waals surface area contributed by atoms with Crippen molar-refractivity contribution in [3.05, 3.63) is 53.1 Å². The summed E-state index contributed by atoms with van der Waals surface area (Å²) in [6.45, 7) is 0. The van der Waals surface area contributed by atoms with Gasteiger partial charge in [-0.1, -0.05) is 31.4 Å². The first-order valence-corrected chi connectivity index (χ1v) is 9.89. The minimum absolute atomic E-state index is 0.0564. The molecule has 1 aromatic heterocycles. The third kappa shape index (κ3) is 2.56. The van der Waals surface area contributed by atoms with Gasteiger partial charge in [-0.3, -0.25) is 9.36 Å². The van der Waals surface area contributed by atoms with E-state index in [2.05, 4.69) is 17.5 Å². The Kier molecular flexibility index (Phi) is 3.78. The van der Waals surface area contributed by atoms with Crippen LogP contribution in [0.4, 0.5) is 0 Å². The maximum atomic E-state index is 12.5. The Morgan fingerprint density at radius 1 is 0.926 bits per heavy atom. The molecule has 1 saturated carbocycles. The summed E-state index contributed by atoms with van der Waals surface area (Å²) in [4.78, 5) is 12.5. The maximum Gasteiger partial charge on any atom is 0.251 e. The van der Waals surface area contributed by atoms with Gasteiger partial charge in [-0.15, -0.1) is 0 Å². The Hall–Kier alpha value is -2.69. The van der Waals surface area contributed by atoms with Crippen molar-refractivity contribution in [3.8, 4) is 17.4 Å². The Balaban J connectivity index is 1.39. The number of hydrogen-bond acceptors (Lipinski definition) is 3. The molecule has 3 aliphatic rings. The molecular weight excluding hydrogens is 340 g/mol. The zero-order valence-electron chi connectivity index (χ0n) is 15.2. The first-order chi connectivity index (χ1) is 13.1. The van der Waals surface area contributed by atoms with Gasteiger partial charge in [-0.25, -0.2) is 0 Å². The second kappa shape index (κ2) is 6.19. The van der Waals surface area contributed by atoms with Gasteiger partial charge >= 0.3 is 0 Å². The van der Waals surface area contributed by atoms with E-state index in [-0.39, 0.29) is 35.5 Å². The highest BCUT2D eigenvalue weighted by Crippen LogP contribution is 2.57. The van der Waals surface area contributed by atoms with Gasteiger partial charge in [0.2, 0.25) is 11.8 Å². The van der Waals surface area contributed by atoms with E-state index in [9.17, 15) is 15.0 Å². The summed E-state index contributed by atoms with van der Waals surface area (Å²) in [7, 11) is 0. The second-order valence-corrected chi connectivity index (χ2v) is 8.00. The van der Waals surface area contributed by atoms with Crippen LogP contribution < -0.4 is 5.32 Å². The summed E-state index contributed by atoms with van der Waals surface area (Å²) in [5, 5.41) is 24.5. The fourth-order valence-electron chi connectivity index (χ4n) is 4.96. The number of aromatic nitrogens is 1. The Labute approximate surface area is 158 Å². The number of carbonyl (C=O) groups is 1. The average Bonchev–Trinajstić information content (AvgIpc) is 3.37. The van der Waals surface area contributed by atoms with E-state index in [1.165, 1.54) is 23.8 Å². The van der Waals surface area contributed by atoms with Crippen molar-refractivity contribution in [2.75, 3.05) is 0 Å². The molecule has 1 aromatic carbocycles. The van der Waals surface area contributed by atoms with Gasteiger partial charge in [0.25, 0.3) is 5.91 Å². The molecule has 2 atom stereocenters. The molecule has 5 heteroatoms. The van der Waals surface area contributed by atoms with Crippen LogP contribution in [-0.2, 0) is 0 Å². The third-order valence-corrected chi connectivity index (χ3v) is 6.35. The number of benzene rings is 1. The molecule has 2 aromatic rings. The standard InChI is InChI=1S/C22H24N2O3/c25-20(23-16-4-2-1-3-5-16)13-8-10-17(11-9-13)24-21(26)18-14-6-7-15(12-14)19(18)22(24)27/h6-11,14-16,26-27H,1-5,12H2,(H,23,25)/t14-,15+. The molecule has 5 nitrogen and oxygen atoms in total. The van der Waals surface area contributed by atoms with E-state index in [0.717, 1.165) is 30.4 Å². The molecule has 27 heavy (non-hydrogen) atoms. The van der Waals surface area contributed by atoms with Crippen LogP contribution in [0.1, 0.15) is 71.8 Å². The predicted molar refractivity (Wildman–Crippen MR) is 103 cm³/mol. The van der Waals surface area contributed by atoms with E-state index >= 15 is 0 Å². The summed E-state index contributed by atoms with van der Waals surface area (Å²) >= 11 is 0. The number of rotatable bonds is 3. The molecule has 140 valence electrons. The van der Waals surface area contributed by atoms with Gasteiger partial charge < -0.3 is 15.5 Å². The quantitative estimate of drug-likeness (QED) is 0.718. The maximum absolute atomic E-state index is 12.5. The van der Waals surface area contributed by atoms with Crippen molar-refractivity contribution in [1.82, 2.24) is 9.88 Å². The molecule has 0 aliphatic heterocycles. The minimum atomic E-state index is -0.0564. The second-order valence-electron chi connectivity index (χ2n) is 8.00. The van der Waals surface area contributed by atoms with Crippen LogP contribution >= 0.6 is 0 Å². The van der Waals surface area contributed by atoms with Crippen molar-refractivity contribution >= 4 is 5.91 Å². The molecule has 0 radical (unpaired) electrons. The lowest BCUT2D eigenvalue weighted by Gasteiger charge is -2.22. The lowest BCUT2D eigenvalue weighted by molar-refractivity contribution is 0.0927. The van der Waals surface area contributed by atoms with Crippen LogP contribution in [0, 0.1) is 0 Å². The third-order valence-electron chi connectivity index (χ3n) is 6.35. The number of amides is 1. The molecule has 3 aliphatic carbocycles. The van der Waals surface area contributed by atoms with Gasteiger partial charge in [0.15, 0.2) is 0 Å². The van der Waals surface area contributed by atoms with Crippen LogP contribution in [0.15, 0.2) is 36.4 Å². The Bertz CT molecular complexity index is 885. The van der Waals surface area contributed by atoms with Crippen LogP contribution in [0.3, 0.4) is 0 Å². The smallest absolute Gasteiger partial charge is 0.251 e.